The van der Waals surface area contributed by atoms with Crippen LogP contribution in [0.15, 0.2) is 16.9 Å². The van der Waals surface area contributed by atoms with Gasteiger partial charge in [-0.25, -0.2) is 0 Å². The number of hydrogen-bond donors (Lipinski definition) is 1. The molecule has 1 aromatic rings. The quantitative estimate of drug-likeness (QED) is 0.886. The molecule has 1 N–H and O–H groups in total. The van der Waals surface area contributed by atoms with Crippen LogP contribution >= 0.6 is 0 Å². The van der Waals surface area contributed by atoms with Crippen molar-refractivity contribution < 1.29 is 4.74 Å². The van der Waals surface area contributed by atoms with Crippen LogP contribution in [0.5, 0.6) is 0 Å². The Morgan fingerprint density at radius 2 is 2.30 bits per heavy atom. The molecule has 3 rings (SSSR count). The smallest absolute Gasteiger partial charge is 0.250 e. The molecule has 1 saturated heterocycles. The molecule has 4 nitrogen and oxygen atoms in total. The van der Waals surface area contributed by atoms with Gasteiger partial charge >= 0.3 is 0 Å². The summed E-state index contributed by atoms with van der Waals surface area (Å²) in [5.41, 5.74) is 2.75. The van der Waals surface area contributed by atoms with Gasteiger partial charge in [-0.15, -0.1) is 0 Å². The molecule has 0 aromatic carbocycles. The number of aryl methyl sites for hydroxylation is 1. The zero-order valence-corrected chi connectivity index (χ0v) is 12.2. The summed E-state index contributed by atoms with van der Waals surface area (Å²) in [6.07, 6.45) is 6.01. The van der Waals surface area contributed by atoms with Crippen molar-refractivity contribution >= 4 is 0 Å². The summed E-state index contributed by atoms with van der Waals surface area (Å²) in [5.74, 6) is 0. The second-order valence-corrected chi connectivity index (χ2v) is 5.94. The van der Waals surface area contributed by atoms with Crippen molar-refractivity contribution in [2.24, 2.45) is 0 Å². The Morgan fingerprint density at radius 1 is 1.40 bits per heavy atom. The van der Waals surface area contributed by atoms with Crippen LogP contribution in [0.25, 0.3) is 0 Å². The van der Waals surface area contributed by atoms with E-state index in [9.17, 15) is 4.79 Å². The summed E-state index contributed by atoms with van der Waals surface area (Å²) in [5, 5.41) is 3.51. The van der Waals surface area contributed by atoms with E-state index in [0.717, 1.165) is 39.0 Å². The third-order valence-corrected chi connectivity index (χ3v) is 4.57. The maximum Gasteiger partial charge on any atom is 0.250 e. The predicted octanol–water partition coefficient (Wildman–Crippen LogP) is 1.49. The van der Waals surface area contributed by atoms with Gasteiger partial charge in [0, 0.05) is 37.5 Å². The molecular weight excluding hydrogens is 252 g/mol. The molecule has 1 aliphatic heterocycles. The zero-order chi connectivity index (χ0) is 13.9. The van der Waals surface area contributed by atoms with Crippen LogP contribution in [0.2, 0.25) is 0 Å². The molecule has 0 radical (unpaired) electrons. The molecule has 2 aliphatic rings. The Bertz CT molecular complexity index is 518. The lowest BCUT2D eigenvalue weighted by Gasteiger charge is -2.21. The number of fused-ring (bicyclic) bond motifs is 1. The van der Waals surface area contributed by atoms with Crippen molar-refractivity contribution in [3.05, 3.63) is 33.7 Å². The lowest BCUT2D eigenvalue weighted by molar-refractivity contribution is 0.0834. The first-order chi connectivity index (χ1) is 9.75. The molecule has 20 heavy (non-hydrogen) atoms. The number of nitrogens with zero attached hydrogens (tertiary/aromatic N) is 1. The molecule has 0 bridgehead atoms. The van der Waals surface area contributed by atoms with E-state index in [1.54, 1.807) is 6.07 Å². The van der Waals surface area contributed by atoms with Crippen molar-refractivity contribution in [1.29, 1.82) is 0 Å². The highest BCUT2D eigenvalue weighted by Gasteiger charge is 2.22. The van der Waals surface area contributed by atoms with Gasteiger partial charge in [0.05, 0.1) is 6.10 Å². The van der Waals surface area contributed by atoms with Crippen LogP contribution in [0.3, 0.4) is 0 Å². The molecule has 110 valence electrons. The molecule has 2 unspecified atom stereocenters. The van der Waals surface area contributed by atoms with E-state index in [2.05, 4.69) is 12.2 Å². The number of rotatable bonds is 5. The minimum atomic E-state index is 0.136. The second kappa shape index (κ2) is 6.10. The van der Waals surface area contributed by atoms with Gasteiger partial charge in [-0.05, 0) is 44.6 Å². The summed E-state index contributed by atoms with van der Waals surface area (Å²) in [6.45, 7) is 4.66. The van der Waals surface area contributed by atoms with E-state index in [4.69, 9.17) is 4.74 Å². The zero-order valence-electron chi connectivity index (χ0n) is 12.2. The van der Waals surface area contributed by atoms with E-state index < -0.39 is 0 Å². The third-order valence-electron chi connectivity index (χ3n) is 4.57. The molecule has 0 saturated carbocycles. The molecule has 1 aliphatic carbocycles. The van der Waals surface area contributed by atoms with Crippen LogP contribution in [0.4, 0.5) is 0 Å². The summed E-state index contributed by atoms with van der Waals surface area (Å²) in [7, 11) is 0. The molecule has 2 heterocycles. The number of hydrogen-bond acceptors (Lipinski definition) is 3. The largest absolute Gasteiger partial charge is 0.377 e. The van der Waals surface area contributed by atoms with Gasteiger partial charge in [0.25, 0.3) is 5.56 Å². The first kappa shape index (κ1) is 13.8. The Morgan fingerprint density at radius 3 is 3.10 bits per heavy atom. The normalized spacial score (nSPS) is 22.9. The summed E-state index contributed by atoms with van der Waals surface area (Å²) < 4.78 is 7.64. The minimum Gasteiger partial charge on any atom is -0.377 e. The molecule has 1 fully saturated rings. The van der Waals surface area contributed by atoms with E-state index in [1.165, 1.54) is 24.1 Å². The van der Waals surface area contributed by atoms with Gasteiger partial charge in [0.1, 0.15) is 0 Å². The van der Waals surface area contributed by atoms with Crippen LogP contribution < -0.4 is 10.9 Å². The average Bonchev–Trinajstić information content (AvgIpc) is 3.10. The minimum absolute atomic E-state index is 0.136. The highest BCUT2D eigenvalue weighted by Crippen LogP contribution is 2.19. The number of nitrogens with one attached hydrogen (secondary N) is 1. The van der Waals surface area contributed by atoms with Gasteiger partial charge in [0.2, 0.25) is 0 Å². The van der Waals surface area contributed by atoms with Crippen LogP contribution in [-0.4, -0.2) is 29.9 Å². The molecule has 0 amide bonds. The first-order valence-electron chi connectivity index (χ1n) is 7.82. The fourth-order valence-corrected chi connectivity index (χ4v) is 3.41. The van der Waals surface area contributed by atoms with Crippen LogP contribution in [0.1, 0.15) is 37.4 Å². The highest BCUT2D eigenvalue weighted by molar-refractivity contribution is 5.25. The van der Waals surface area contributed by atoms with E-state index in [0.29, 0.717) is 12.1 Å². The van der Waals surface area contributed by atoms with E-state index in [1.807, 2.05) is 10.6 Å². The van der Waals surface area contributed by atoms with Gasteiger partial charge in [-0.2, -0.15) is 0 Å². The Kier molecular flexibility index (Phi) is 4.22. The SMILES string of the molecule is CC(NCCn1c2c(ccc1=O)CCC2)C1CCCO1. The third kappa shape index (κ3) is 2.81. The fourth-order valence-electron chi connectivity index (χ4n) is 3.41. The monoisotopic (exact) mass is 276 g/mol. The molecule has 1 aromatic heterocycles. The van der Waals surface area contributed by atoms with Crippen molar-refractivity contribution in [2.75, 3.05) is 13.2 Å². The maximum atomic E-state index is 12.0. The van der Waals surface area contributed by atoms with Gasteiger partial charge in [-0.3, -0.25) is 4.79 Å². The first-order valence-corrected chi connectivity index (χ1v) is 7.82. The highest BCUT2D eigenvalue weighted by atomic mass is 16.5. The predicted molar refractivity (Wildman–Crippen MR) is 79.2 cm³/mol. The Balaban J connectivity index is 1.59. The lowest BCUT2D eigenvalue weighted by atomic mass is 10.1. The topological polar surface area (TPSA) is 43.3 Å². The van der Waals surface area contributed by atoms with E-state index in [-0.39, 0.29) is 5.56 Å². The fraction of sp³-hybridized carbons (Fsp3) is 0.688. The summed E-state index contributed by atoms with van der Waals surface area (Å²) >= 11 is 0. The van der Waals surface area contributed by atoms with Gasteiger partial charge in [0.15, 0.2) is 0 Å². The number of aromatic nitrogens is 1. The number of pyridine rings is 1. The lowest BCUT2D eigenvalue weighted by Crippen LogP contribution is -2.39. The van der Waals surface area contributed by atoms with Crippen LogP contribution in [0, 0.1) is 0 Å². The van der Waals surface area contributed by atoms with Crippen LogP contribution in [-0.2, 0) is 24.1 Å². The van der Waals surface area contributed by atoms with Crippen molar-refractivity contribution in [2.45, 2.75) is 57.7 Å². The molecule has 0 spiro atoms. The molecule has 2 atom stereocenters. The van der Waals surface area contributed by atoms with Gasteiger partial charge in [-0.1, -0.05) is 6.07 Å². The number of ether oxygens (including phenoxy) is 1. The second-order valence-electron chi connectivity index (χ2n) is 5.94. The summed E-state index contributed by atoms with van der Waals surface area (Å²) in [4.78, 5) is 12.0. The Hall–Kier alpha value is -1.13. The molecule has 4 heteroatoms. The summed E-state index contributed by atoms with van der Waals surface area (Å²) in [6, 6.07) is 4.09. The van der Waals surface area contributed by atoms with Crippen molar-refractivity contribution in [3.8, 4) is 0 Å². The van der Waals surface area contributed by atoms with E-state index >= 15 is 0 Å². The van der Waals surface area contributed by atoms with Crippen molar-refractivity contribution in [1.82, 2.24) is 9.88 Å². The average molecular weight is 276 g/mol. The van der Waals surface area contributed by atoms with Gasteiger partial charge < -0.3 is 14.6 Å². The Labute approximate surface area is 120 Å². The standard InChI is InChI=1S/C16H24N2O2/c1-12(15-6-3-11-20-15)17-9-10-18-14-5-2-4-13(14)7-8-16(18)19/h7-8,12,15,17H,2-6,9-11H2,1H3. The maximum absolute atomic E-state index is 12.0. The molecular formula is C16H24N2O2. The van der Waals surface area contributed by atoms with Crippen molar-refractivity contribution in [3.63, 3.8) is 0 Å².